The molecule has 0 spiro atoms. The normalized spacial score (nSPS) is 15.7. The second-order valence-corrected chi connectivity index (χ2v) is 3.12. The van der Waals surface area contributed by atoms with Gasteiger partial charge in [-0.1, -0.05) is 12.1 Å². The Morgan fingerprint density at radius 3 is 2.47 bits per heavy atom. The lowest BCUT2D eigenvalue weighted by atomic mass is 10.1. The zero-order valence-electron chi connectivity index (χ0n) is 8.05. The van der Waals surface area contributed by atoms with Crippen LogP contribution in [-0.4, -0.2) is 36.5 Å². The molecule has 0 rings (SSSR count). The number of nitrogens with two attached hydrogens (primary N) is 1. The summed E-state index contributed by atoms with van der Waals surface area (Å²) in [4.78, 5) is 0. The van der Waals surface area contributed by atoms with E-state index < -0.39 is 24.8 Å². The van der Waals surface area contributed by atoms with Gasteiger partial charge in [0.1, 0.15) is 5.84 Å². The molecule has 0 saturated heterocycles. The summed E-state index contributed by atoms with van der Waals surface area (Å²) in [6.45, 7) is 0.286. The lowest BCUT2D eigenvalue weighted by Gasteiger charge is -2.17. The van der Waals surface area contributed by atoms with Gasteiger partial charge < -0.3 is 16.3 Å². The minimum Gasteiger partial charge on any atom is -0.409 e. The highest BCUT2D eigenvalue weighted by atomic mass is 19.3. The van der Waals surface area contributed by atoms with Crippen molar-refractivity contribution < 1.29 is 22.8 Å². The summed E-state index contributed by atoms with van der Waals surface area (Å²) < 4.78 is 48.1. The van der Waals surface area contributed by atoms with Crippen molar-refractivity contribution in [2.45, 2.75) is 19.3 Å². The van der Waals surface area contributed by atoms with Gasteiger partial charge in [0.2, 0.25) is 0 Å². The first kappa shape index (κ1) is 13.9. The summed E-state index contributed by atoms with van der Waals surface area (Å²) in [7, 11) is 0. The van der Waals surface area contributed by atoms with Crippen molar-refractivity contribution in [3.05, 3.63) is 0 Å². The molecule has 1 unspecified atom stereocenters. The van der Waals surface area contributed by atoms with E-state index in [1.165, 1.54) is 6.92 Å². The zero-order valence-corrected chi connectivity index (χ0v) is 8.05. The molecular weight excluding hydrogens is 218 g/mol. The number of alkyl halides is 4. The fourth-order valence-electron chi connectivity index (χ4n) is 0.736. The van der Waals surface area contributed by atoms with Crippen molar-refractivity contribution in [1.29, 1.82) is 0 Å². The Labute approximate surface area is 84.1 Å². The number of nitrogens with zero attached hydrogens (tertiary/aromatic N) is 1. The first-order valence-electron chi connectivity index (χ1n) is 4.15. The SMILES string of the molecule is CC(CNCC(F)(F)C(F)F)C(N)=NO. The third-order valence-corrected chi connectivity index (χ3v) is 1.75. The van der Waals surface area contributed by atoms with Crippen LogP contribution in [0.5, 0.6) is 0 Å². The van der Waals surface area contributed by atoms with E-state index >= 15 is 0 Å². The van der Waals surface area contributed by atoms with E-state index in [1.807, 2.05) is 0 Å². The molecule has 0 bridgehead atoms. The second kappa shape index (κ2) is 5.74. The van der Waals surface area contributed by atoms with Crippen molar-refractivity contribution in [3.63, 3.8) is 0 Å². The first-order chi connectivity index (χ1) is 6.81. The van der Waals surface area contributed by atoms with Crippen LogP contribution in [0.1, 0.15) is 6.92 Å². The zero-order chi connectivity index (χ0) is 12.1. The molecule has 0 aromatic heterocycles. The third-order valence-electron chi connectivity index (χ3n) is 1.75. The summed E-state index contributed by atoms with van der Waals surface area (Å²) in [6.07, 6.45) is -3.70. The summed E-state index contributed by atoms with van der Waals surface area (Å²) >= 11 is 0. The Bertz CT molecular complexity index is 222. The molecule has 0 aliphatic heterocycles. The molecule has 0 fully saturated rings. The number of oxime groups is 1. The molecular formula is C7H13F4N3O. The fourth-order valence-corrected chi connectivity index (χ4v) is 0.736. The Morgan fingerprint density at radius 2 is 2.07 bits per heavy atom. The van der Waals surface area contributed by atoms with E-state index in [0.717, 1.165) is 0 Å². The van der Waals surface area contributed by atoms with Gasteiger partial charge in [0.15, 0.2) is 0 Å². The summed E-state index contributed by atoms with van der Waals surface area (Å²) in [5.41, 5.74) is 5.15. The third kappa shape index (κ3) is 4.82. The maximum Gasteiger partial charge on any atom is 0.319 e. The minimum atomic E-state index is -4.06. The molecule has 4 nitrogen and oxygen atoms in total. The number of halogens is 4. The molecule has 0 aromatic carbocycles. The van der Waals surface area contributed by atoms with Gasteiger partial charge in [-0.2, -0.15) is 8.78 Å². The van der Waals surface area contributed by atoms with E-state index in [-0.39, 0.29) is 12.4 Å². The van der Waals surface area contributed by atoms with Gasteiger partial charge in [-0.15, -0.1) is 0 Å². The highest BCUT2D eigenvalue weighted by molar-refractivity contribution is 5.82. The van der Waals surface area contributed by atoms with Crippen LogP contribution in [0.15, 0.2) is 5.16 Å². The van der Waals surface area contributed by atoms with E-state index in [2.05, 4.69) is 10.5 Å². The Kier molecular flexibility index (Phi) is 5.34. The quantitative estimate of drug-likeness (QED) is 0.209. The van der Waals surface area contributed by atoms with Crippen molar-refractivity contribution >= 4 is 5.84 Å². The van der Waals surface area contributed by atoms with Crippen LogP contribution in [0, 0.1) is 5.92 Å². The predicted octanol–water partition coefficient (Wildman–Crippen LogP) is 0.859. The second-order valence-electron chi connectivity index (χ2n) is 3.12. The standard InChI is InChI=1S/C7H13F4N3O/c1-4(5(12)14-15)2-13-3-7(10,11)6(8)9/h4,6,13,15H,2-3H2,1H3,(H2,12,14). The molecule has 0 aliphatic carbocycles. The molecule has 8 heteroatoms. The van der Waals surface area contributed by atoms with Gasteiger partial charge >= 0.3 is 12.3 Å². The monoisotopic (exact) mass is 231 g/mol. The van der Waals surface area contributed by atoms with Crippen molar-refractivity contribution in [1.82, 2.24) is 5.32 Å². The number of nitrogens with one attached hydrogen (secondary N) is 1. The van der Waals surface area contributed by atoms with Crippen LogP contribution in [0.4, 0.5) is 17.6 Å². The lowest BCUT2D eigenvalue weighted by molar-refractivity contribution is -0.125. The number of hydrogen-bond acceptors (Lipinski definition) is 3. The van der Waals surface area contributed by atoms with Gasteiger partial charge in [0.05, 0.1) is 6.54 Å². The van der Waals surface area contributed by atoms with E-state index in [4.69, 9.17) is 10.9 Å². The molecule has 4 N–H and O–H groups in total. The highest BCUT2D eigenvalue weighted by Crippen LogP contribution is 2.21. The van der Waals surface area contributed by atoms with Crippen molar-refractivity contribution in [2.24, 2.45) is 16.8 Å². The summed E-state index contributed by atoms with van der Waals surface area (Å²) in [5.74, 6) is -4.73. The maximum atomic E-state index is 12.4. The lowest BCUT2D eigenvalue weighted by Crippen LogP contribution is -2.42. The van der Waals surface area contributed by atoms with Crippen LogP contribution in [0.2, 0.25) is 0 Å². The Balaban J connectivity index is 3.90. The highest BCUT2D eigenvalue weighted by Gasteiger charge is 2.40. The minimum absolute atomic E-state index is 0.0712. The van der Waals surface area contributed by atoms with Crippen molar-refractivity contribution in [2.75, 3.05) is 13.1 Å². The average Bonchev–Trinajstić information content (AvgIpc) is 2.15. The molecule has 90 valence electrons. The molecule has 0 saturated carbocycles. The maximum absolute atomic E-state index is 12.4. The molecule has 0 aromatic rings. The fraction of sp³-hybridized carbons (Fsp3) is 0.857. The molecule has 1 atom stereocenters. The number of hydrogen-bond donors (Lipinski definition) is 3. The van der Waals surface area contributed by atoms with Gasteiger partial charge in [-0.25, -0.2) is 8.78 Å². The van der Waals surface area contributed by atoms with Crippen LogP contribution >= 0.6 is 0 Å². The van der Waals surface area contributed by atoms with Gasteiger partial charge in [0, 0.05) is 12.5 Å². The Hall–Kier alpha value is -1.05. The first-order valence-corrected chi connectivity index (χ1v) is 4.15. The smallest absolute Gasteiger partial charge is 0.319 e. The molecule has 0 amide bonds. The van der Waals surface area contributed by atoms with Crippen LogP contribution in [-0.2, 0) is 0 Å². The molecule has 0 radical (unpaired) electrons. The van der Waals surface area contributed by atoms with E-state index in [0.29, 0.717) is 0 Å². The van der Waals surface area contributed by atoms with Crippen LogP contribution < -0.4 is 11.1 Å². The van der Waals surface area contributed by atoms with E-state index in [1.54, 1.807) is 0 Å². The molecule has 0 heterocycles. The van der Waals surface area contributed by atoms with Crippen LogP contribution in [0.3, 0.4) is 0 Å². The van der Waals surface area contributed by atoms with Gasteiger partial charge in [-0.05, 0) is 0 Å². The van der Waals surface area contributed by atoms with E-state index in [9.17, 15) is 17.6 Å². The van der Waals surface area contributed by atoms with Gasteiger partial charge in [-0.3, -0.25) is 0 Å². The Morgan fingerprint density at radius 1 is 1.53 bits per heavy atom. The number of amidine groups is 1. The summed E-state index contributed by atoms with van der Waals surface area (Å²) in [5, 5.41) is 13.0. The summed E-state index contributed by atoms with van der Waals surface area (Å²) in [6, 6.07) is 0. The molecule has 0 aliphatic rings. The van der Waals surface area contributed by atoms with Gasteiger partial charge in [0.25, 0.3) is 0 Å². The average molecular weight is 231 g/mol. The van der Waals surface area contributed by atoms with Crippen molar-refractivity contribution in [3.8, 4) is 0 Å². The largest absolute Gasteiger partial charge is 0.409 e. The predicted molar refractivity (Wildman–Crippen MR) is 46.4 cm³/mol. The topological polar surface area (TPSA) is 70.6 Å². The molecule has 15 heavy (non-hydrogen) atoms. The number of rotatable bonds is 6. The van der Waals surface area contributed by atoms with Crippen LogP contribution in [0.25, 0.3) is 0 Å².